The first kappa shape index (κ1) is 20.6. The van der Waals surface area contributed by atoms with Crippen molar-refractivity contribution in [2.45, 2.75) is 12.8 Å². The highest BCUT2D eigenvalue weighted by molar-refractivity contribution is 7.96. The number of carbonyl (C=O) groups is 1. The molecule has 4 heteroatoms. The molecular weight excluding hydrogens is 385 g/mol. The number of likely N-dealkylation sites (tertiary alicyclic amines) is 1. The summed E-state index contributed by atoms with van der Waals surface area (Å²) in [6, 6.07) is 31.9. The fourth-order valence-electron chi connectivity index (χ4n) is 4.04. The Morgan fingerprint density at radius 3 is 1.39 bits per heavy atom. The Morgan fingerprint density at radius 1 is 0.679 bits per heavy atom. The molecule has 0 aromatic heterocycles. The van der Waals surface area contributed by atoms with E-state index in [1.165, 1.54) is 15.9 Å². The van der Waals surface area contributed by atoms with Gasteiger partial charge in [-0.15, -0.1) is 0 Å². The molecule has 1 aliphatic rings. The normalized spacial score (nSPS) is 13.8. The van der Waals surface area contributed by atoms with Gasteiger partial charge in [0, 0.05) is 13.1 Å². The molecule has 0 radical (unpaired) electrons. The summed E-state index contributed by atoms with van der Waals surface area (Å²) in [4.78, 5) is 15.4. The summed E-state index contributed by atoms with van der Waals surface area (Å²) in [6.45, 7) is 1.80. The van der Waals surface area contributed by atoms with Crippen molar-refractivity contribution in [1.29, 1.82) is 0 Å². The molecule has 0 saturated carbocycles. The van der Waals surface area contributed by atoms with Crippen LogP contribution in [0.25, 0.3) is 0 Å². The van der Waals surface area contributed by atoms with Gasteiger partial charge in [0.05, 0.1) is 0 Å². The van der Waals surface area contributed by atoms with E-state index in [2.05, 4.69) is 95.9 Å². The molecule has 28 heavy (non-hydrogen) atoms. The average molecular weight is 410 g/mol. The number of halogens is 1. The van der Waals surface area contributed by atoms with E-state index < -0.39 is 7.26 Å². The van der Waals surface area contributed by atoms with Crippen LogP contribution < -0.4 is 28.3 Å². The molecular formula is C24H25ClNOP. The number of benzene rings is 3. The van der Waals surface area contributed by atoms with Gasteiger partial charge in [-0.2, -0.15) is 0 Å². The monoisotopic (exact) mass is 409 g/mol. The summed E-state index contributed by atoms with van der Waals surface area (Å²) in [6.07, 6.45) is 2.81. The molecule has 4 rings (SSSR count). The number of amides is 1. The minimum atomic E-state index is -2.05. The molecule has 3 aromatic rings. The second-order valence-corrected chi connectivity index (χ2v) is 10.5. The van der Waals surface area contributed by atoms with Crippen molar-refractivity contribution < 1.29 is 17.2 Å². The third kappa shape index (κ3) is 3.99. The van der Waals surface area contributed by atoms with Crippen LogP contribution in [0.1, 0.15) is 12.8 Å². The average Bonchev–Trinajstić information content (AvgIpc) is 3.29. The Morgan fingerprint density at radius 2 is 1.04 bits per heavy atom. The Kier molecular flexibility index (Phi) is 6.88. The highest BCUT2D eigenvalue weighted by Crippen LogP contribution is 2.55. The van der Waals surface area contributed by atoms with Crippen molar-refractivity contribution in [3.63, 3.8) is 0 Å². The second kappa shape index (κ2) is 9.37. The van der Waals surface area contributed by atoms with Crippen LogP contribution >= 0.6 is 7.26 Å². The Balaban J connectivity index is 0.00000225. The molecule has 0 spiro atoms. The fraction of sp³-hybridized carbons (Fsp3) is 0.208. The maximum absolute atomic E-state index is 13.3. The lowest BCUT2D eigenvalue weighted by Crippen LogP contribution is -3.00. The smallest absolute Gasteiger partial charge is 0.261 e. The van der Waals surface area contributed by atoms with Crippen LogP contribution in [0.2, 0.25) is 0 Å². The number of hydrogen-bond donors (Lipinski definition) is 0. The first-order valence-electron chi connectivity index (χ1n) is 9.63. The van der Waals surface area contributed by atoms with Crippen molar-refractivity contribution in [3.05, 3.63) is 91.0 Å². The van der Waals surface area contributed by atoms with Gasteiger partial charge in [0.2, 0.25) is 0 Å². The maximum Gasteiger partial charge on any atom is 0.261 e. The Bertz CT molecular complexity index is 784. The minimum Gasteiger partial charge on any atom is -1.00 e. The van der Waals surface area contributed by atoms with Crippen LogP contribution in [-0.4, -0.2) is 30.1 Å². The zero-order valence-corrected chi connectivity index (χ0v) is 17.5. The molecule has 1 fully saturated rings. The summed E-state index contributed by atoms with van der Waals surface area (Å²) in [5.41, 5.74) is 0. The zero-order chi connectivity index (χ0) is 18.5. The summed E-state index contributed by atoms with van der Waals surface area (Å²) in [5, 5.41) is 3.82. The van der Waals surface area contributed by atoms with Crippen molar-refractivity contribution in [1.82, 2.24) is 4.90 Å². The van der Waals surface area contributed by atoms with Crippen LogP contribution in [0.3, 0.4) is 0 Å². The summed E-state index contributed by atoms with van der Waals surface area (Å²) in [5.74, 6) is 0.289. The standard InChI is InChI=1S/C24H25NOP.ClH/c26-24(25-18-10-11-19-25)20-27(21-12-4-1-5-13-21,22-14-6-2-7-15-22)23-16-8-3-9-17-23;/h1-9,12-17H,10-11,18-20H2;1H/q+1;/p-1. The second-order valence-electron chi connectivity index (χ2n) is 7.06. The van der Waals surface area contributed by atoms with Crippen molar-refractivity contribution in [2.24, 2.45) is 0 Å². The summed E-state index contributed by atoms with van der Waals surface area (Å²) >= 11 is 0. The summed E-state index contributed by atoms with van der Waals surface area (Å²) in [7, 11) is -2.05. The molecule has 0 bridgehead atoms. The molecule has 0 aliphatic carbocycles. The Labute approximate surface area is 174 Å². The van der Waals surface area contributed by atoms with Gasteiger partial charge in [-0.05, 0) is 49.2 Å². The molecule has 0 atom stereocenters. The number of hydrogen-bond acceptors (Lipinski definition) is 1. The first-order chi connectivity index (χ1) is 13.3. The maximum atomic E-state index is 13.3. The predicted octanol–water partition coefficient (Wildman–Crippen LogP) is 0.607. The van der Waals surface area contributed by atoms with E-state index >= 15 is 0 Å². The molecule has 0 N–H and O–H groups in total. The molecule has 1 aliphatic heterocycles. The molecule has 1 heterocycles. The molecule has 0 unspecified atom stereocenters. The minimum absolute atomic E-state index is 0. The van der Waals surface area contributed by atoms with Gasteiger partial charge in [0.25, 0.3) is 5.91 Å². The van der Waals surface area contributed by atoms with Crippen molar-refractivity contribution in [3.8, 4) is 0 Å². The van der Waals surface area contributed by atoms with Gasteiger partial charge < -0.3 is 17.3 Å². The van der Waals surface area contributed by atoms with E-state index in [-0.39, 0.29) is 18.3 Å². The van der Waals surface area contributed by atoms with Gasteiger partial charge in [0.15, 0.2) is 6.16 Å². The lowest BCUT2D eigenvalue weighted by Gasteiger charge is -2.28. The predicted molar refractivity (Wildman–Crippen MR) is 116 cm³/mol. The first-order valence-corrected chi connectivity index (χ1v) is 11.6. The molecule has 2 nitrogen and oxygen atoms in total. The lowest BCUT2D eigenvalue weighted by atomic mass is 10.4. The van der Waals surface area contributed by atoms with E-state index in [1.807, 2.05) is 0 Å². The third-order valence-corrected chi connectivity index (χ3v) is 9.71. The highest BCUT2D eigenvalue weighted by Gasteiger charge is 2.48. The van der Waals surface area contributed by atoms with Crippen LogP contribution in [0.15, 0.2) is 91.0 Å². The van der Waals surface area contributed by atoms with Crippen molar-refractivity contribution >= 4 is 29.1 Å². The van der Waals surface area contributed by atoms with Gasteiger partial charge in [-0.25, -0.2) is 0 Å². The van der Waals surface area contributed by atoms with E-state index in [1.54, 1.807) is 0 Å². The van der Waals surface area contributed by atoms with Gasteiger partial charge in [-0.3, -0.25) is 4.79 Å². The van der Waals surface area contributed by atoms with Crippen LogP contribution in [0.4, 0.5) is 0 Å². The van der Waals surface area contributed by atoms with E-state index in [4.69, 9.17) is 0 Å². The van der Waals surface area contributed by atoms with E-state index in [0.29, 0.717) is 6.16 Å². The Hall–Kier alpha value is -2.15. The van der Waals surface area contributed by atoms with E-state index in [9.17, 15) is 4.79 Å². The lowest BCUT2D eigenvalue weighted by molar-refractivity contribution is -0.127. The molecule has 1 amide bonds. The molecule has 144 valence electrons. The molecule has 3 aromatic carbocycles. The van der Waals surface area contributed by atoms with Crippen LogP contribution in [0.5, 0.6) is 0 Å². The fourth-order valence-corrected chi connectivity index (χ4v) is 8.13. The largest absolute Gasteiger partial charge is 1.00 e. The number of rotatable bonds is 5. The zero-order valence-electron chi connectivity index (χ0n) is 15.9. The number of nitrogens with zero attached hydrogens (tertiary/aromatic N) is 1. The van der Waals surface area contributed by atoms with Crippen LogP contribution in [-0.2, 0) is 4.79 Å². The quantitative estimate of drug-likeness (QED) is 0.565. The third-order valence-electron chi connectivity index (χ3n) is 5.42. The van der Waals surface area contributed by atoms with Crippen LogP contribution in [0, 0.1) is 0 Å². The SMILES string of the molecule is O=C(C[P+](c1ccccc1)(c1ccccc1)c1ccccc1)N1CCCC1.[Cl-]. The number of carbonyl (C=O) groups excluding carboxylic acids is 1. The van der Waals surface area contributed by atoms with Gasteiger partial charge >= 0.3 is 0 Å². The topological polar surface area (TPSA) is 20.3 Å². The summed E-state index contributed by atoms with van der Waals surface area (Å²) < 4.78 is 0. The van der Waals surface area contributed by atoms with Gasteiger partial charge in [0.1, 0.15) is 23.2 Å². The van der Waals surface area contributed by atoms with Gasteiger partial charge in [-0.1, -0.05) is 54.6 Å². The highest BCUT2D eigenvalue weighted by atomic mass is 35.5. The molecule has 1 saturated heterocycles. The van der Waals surface area contributed by atoms with Crippen molar-refractivity contribution in [2.75, 3.05) is 19.3 Å². The van der Waals surface area contributed by atoms with E-state index in [0.717, 1.165) is 25.9 Å².